The monoisotopic (exact) mass is 310 g/mol. The van der Waals surface area contributed by atoms with E-state index in [2.05, 4.69) is 40.7 Å². The lowest BCUT2D eigenvalue weighted by Gasteiger charge is -2.10. The molecule has 2 heterocycles. The average molecular weight is 310 g/mol. The number of hydrogen-bond donors (Lipinski definition) is 2. The lowest BCUT2D eigenvalue weighted by atomic mass is 10.2. The van der Waals surface area contributed by atoms with Crippen molar-refractivity contribution in [2.45, 2.75) is 33.2 Å². The SMILES string of the molecule is CCCNc1nnc(C(=O)NC(C)c2ccc(C)s2)s1. The first-order valence-corrected chi connectivity index (χ1v) is 8.18. The fourth-order valence-electron chi connectivity index (χ4n) is 1.63. The summed E-state index contributed by atoms with van der Waals surface area (Å²) in [5.74, 6) is -0.175. The smallest absolute Gasteiger partial charge is 0.282 e. The van der Waals surface area contributed by atoms with Gasteiger partial charge in [-0.2, -0.15) is 0 Å². The van der Waals surface area contributed by atoms with Crippen molar-refractivity contribution in [3.63, 3.8) is 0 Å². The summed E-state index contributed by atoms with van der Waals surface area (Å²) in [6, 6.07) is 4.08. The highest BCUT2D eigenvalue weighted by Gasteiger charge is 2.16. The van der Waals surface area contributed by atoms with Crippen LogP contribution in [0.3, 0.4) is 0 Å². The highest BCUT2D eigenvalue weighted by Crippen LogP contribution is 2.23. The van der Waals surface area contributed by atoms with Crippen LogP contribution in [0.4, 0.5) is 5.13 Å². The molecule has 0 saturated heterocycles. The van der Waals surface area contributed by atoms with Crippen LogP contribution >= 0.6 is 22.7 Å². The standard InChI is InChI=1S/C13H18N4OS2/c1-4-7-14-13-17-16-12(20-13)11(18)15-9(3)10-6-5-8(2)19-10/h5-6,9H,4,7H2,1-3H3,(H,14,17)(H,15,18). The van der Waals surface area contributed by atoms with Crippen molar-refractivity contribution >= 4 is 33.7 Å². The molecular weight excluding hydrogens is 292 g/mol. The van der Waals surface area contributed by atoms with Gasteiger partial charge in [0.25, 0.3) is 5.91 Å². The first-order valence-electron chi connectivity index (χ1n) is 6.54. The molecule has 0 aliphatic carbocycles. The van der Waals surface area contributed by atoms with Crippen LogP contribution in [0.5, 0.6) is 0 Å². The number of nitrogens with zero attached hydrogens (tertiary/aromatic N) is 2. The van der Waals surface area contributed by atoms with E-state index in [1.165, 1.54) is 16.2 Å². The largest absolute Gasteiger partial charge is 0.360 e. The Balaban J connectivity index is 1.95. The zero-order valence-corrected chi connectivity index (χ0v) is 13.4. The van der Waals surface area contributed by atoms with Crippen LogP contribution < -0.4 is 10.6 Å². The van der Waals surface area contributed by atoms with E-state index in [-0.39, 0.29) is 11.9 Å². The van der Waals surface area contributed by atoms with Crippen LogP contribution in [-0.4, -0.2) is 22.6 Å². The van der Waals surface area contributed by atoms with E-state index >= 15 is 0 Å². The highest BCUT2D eigenvalue weighted by molar-refractivity contribution is 7.17. The van der Waals surface area contributed by atoms with Crippen LogP contribution in [-0.2, 0) is 0 Å². The molecule has 1 atom stereocenters. The third-order valence-corrected chi connectivity index (χ3v) is 4.74. The Bertz CT molecular complexity index is 578. The Morgan fingerprint density at radius 1 is 1.35 bits per heavy atom. The van der Waals surface area contributed by atoms with Crippen molar-refractivity contribution in [3.05, 3.63) is 26.9 Å². The molecule has 0 aliphatic rings. The molecule has 1 unspecified atom stereocenters. The molecule has 108 valence electrons. The molecule has 0 saturated carbocycles. The topological polar surface area (TPSA) is 66.9 Å². The molecule has 1 amide bonds. The van der Waals surface area contributed by atoms with Crippen molar-refractivity contribution in [1.82, 2.24) is 15.5 Å². The highest BCUT2D eigenvalue weighted by atomic mass is 32.1. The van der Waals surface area contributed by atoms with E-state index in [9.17, 15) is 4.79 Å². The Kier molecular flexibility index (Phi) is 5.08. The summed E-state index contributed by atoms with van der Waals surface area (Å²) in [6.45, 7) is 6.94. The van der Waals surface area contributed by atoms with Gasteiger partial charge in [-0.3, -0.25) is 4.79 Å². The molecule has 20 heavy (non-hydrogen) atoms. The number of carbonyl (C=O) groups is 1. The van der Waals surface area contributed by atoms with Crippen molar-refractivity contribution in [2.75, 3.05) is 11.9 Å². The molecule has 2 rings (SSSR count). The summed E-state index contributed by atoms with van der Waals surface area (Å²) in [5, 5.41) is 15.0. The lowest BCUT2D eigenvalue weighted by Crippen LogP contribution is -2.25. The predicted octanol–water partition coefficient (Wildman–Crippen LogP) is 3.22. The van der Waals surface area contributed by atoms with Crippen LogP contribution in [0.2, 0.25) is 0 Å². The van der Waals surface area contributed by atoms with Gasteiger partial charge in [-0.15, -0.1) is 21.5 Å². The minimum absolute atomic E-state index is 0.0165. The number of rotatable bonds is 6. The van der Waals surface area contributed by atoms with Crippen LogP contribution in [0.15, 0.2) is 12.1 Å². The molecule has 0 aliphatic heterocycles. The summed E-state index contributed by atoms with van der Waals surface area (Å²) in [6.07, 6.45) is 1.01. The van der Waals surface area contributed by atoms with Crippen molar-refractivity contribution in [1.29, 1.82) is 0 Å². The van der Waals surface area contributed by atoms with Gasteiger partial charge >= 0.3 is 0 Å². The van der Waals surface area contributed by atoms with Crippen LogP contribution in [0.25, 0.3) is 0 Å². The second-order valence-electron chi connectivity index (χ2n) is 4.48. The number of nitrogens with one attached hydrogen (secondary N) is 2. The molecule has 0 radical (unpaired) electrons. The van der Waals surface area contributed by atoms with E-state index in [0.29, 0.717) is 10.1 Å². The summed E-state index contributed by atoms with van der Waals surface area (Å²) < 4.78 is 0. The van der Waals surface area contributed by atoms with E-state index in [0.717, 1.165) is 17.8 Å². The minimum Gasteiger partial charge on any atom is -0.360 e. The van der Waals surface area contributed by atoms with Gasteiger partial charge in [-0.05, 0) is 32.4 Å². The fraction of sp³-hybridized carbons (Fsp3) is 0.462. The second-order valence-corrected chi connectivity index (χ2v) is 6.78. The summed E-state index contributed by atoms with van der Waals surface area (Å²) in [5.41, 5.74) is 0. The lowest BCUT2D eigenvalue weighted by molar-refractivity contribution is 0.0939. The number of aryl methyl sites for hydroxylation is 1. The van der Waals surface area contributed by atoms with Crippen LogP contribution in [0, 0.1) is 6.92 Å². The number of aromatic nitrogens is 2. The summed E-state index contributed by atoms with van der Waals surface area (Å²) in [7, 11) is 0. The number of hydrogen-bond acceptors (Lipinski definition) is 6. The van der Waals surface area contributed by atoms with Gasteiger partial charge in [0.1, 0.15) is 0 Å². The number of anilines is 1. The number of thiophene rings is 1. The molecule has 2 aromatic rings. The van der Waals surface area contributed by atoms with Gasteiger partial charge in [0, 0.05) is 16.3 Å². The fourth-order valence-corrected chi connectivity index (χ4v) is 3.19. The maximum absolute atomic E-state index is 12.1. The minimum atomic E-state index is -0.175. The number of carbonyl (C=O) groups excluding carboxylic acids is 1. The van der Waals surface area contributed by atoms with Crippen molar-refractivity contribution in [3.8, 4) is 0 Å². The molecule has 0 fully saturated rings. The van der Waals surface area contributed by atoms with Gasteiger partial charge in [-0.25, -0.2) is 0 Å². The Labute approximate surface area is 126 Å². The van der Waals surface area contributed by atoms with Gasteiger partial charge < -0.3 is 10.6 Å². The Hall–Kier alpha value is -1.47. The second kappa shape index (κ2) is 6.81. The van der Waals surface area contributed by atoms with Gasteiger partial charge in [0.15, 0.2) is 0 Å². The van der Waals surface area contributed by atoms with E-state index in [1.807, 2.05) is 13.0 Å². The van der Waals surface area contributed by atoms with E-state index < -0.39 is 0 Å². The van der Waals surface area contributed by atoms with Crippen molar-refractivity contribution in [2.24, 2.45) is 0 Å². The first kappa shape index (κ1) is 14.9. The molecule has 5 nitrogen and oxygen atoms in total. The molecule has 0 spiro atoms. The molecular formula is C13H18N4OS2. The molecule has 2 aromatic heterocycles. The molecule has 0 aromatic carbocycles. The average Bonchev–Trinajstić information content (AvgIpc) is 3.05. The third-order valence-electron chi connectivity index (χ3n) is 2.68. The predicted molar refractivity (Wildman–Crippen MR) is 83.6 cm³/mol. The Morgan fingerprint density at radius 3 is 2.80 bits per heavy atom. The van der Waals surface area contributed by atoms with Gasteiger partial charge in [-0.1, -0.05) is 18.3 Å². The Morgan fingerprint density at radius 2 is 2.15 bits per heavy atom. The summed E-state index contributed by atoms with van der Waals surface area (Å²) >= 11 is 2.97. The zero-order valence-electron chi connectivity index (χ0n) is 11.8. The van der Waals surface area contributed by atoms with Crippen molar-refractivity contribution < 1.29 is 4.79 Å². The maximum atomic E-state index is 12.1. The first-order chi connectivity index (χ1) is 9.60. The van der Waals surface area contributed by atoms with Gasteiger partial charge in [0.05, 0.1) is 6.04 Å². The van der Waals surface area contributed by atoms with Gasteiger partial charge in [0.2, 0.25) is 10.1 Å². The van der Waals surface area contributed by atoms with E-state index in [1.54, 1.807) is 11.3 Å². The summed E-state index contributed by atoms with van der Waals surface area (Å²) in [4.78, 5) is 14.5. The molecule has 2 N–H and O–H groups in total. The van der Waals surface area contributed by atoms with Crippen LogP contribution in [0.1, 0.15) is 45.9 Å². The van der Waals surface area contributed by atoms with E-state index in [4.69, 9.17) is 0 Å². The molecule has 0 bridgehead atoms. The zero-order chi connectivity index (χ0) is 14.5. The normalized spacial score (nSPS) is 12.2. The maximum Gasteiger partial charge on any atom is 0.282 e. The third kappa shape index (κ3) is 3.77. The number of amides is 1. The quantitative estimate of drug-likeness (QED) is 0.859. The molecule has 7 heteroatoms.